The van der Waals surface area contributed by atoms with Crippen molar-refractivity contribution < 1.29 is 9.47 Å². The van der Waals surface area contributed by atoms with Crippen molar-refractivity contribution in [1.82, 2.24) is 5.32 Å². The van der Waals surface area contributed by atoms with Crippen LogP contribution in [0.15, 0.2) is 0 Å². The highest BCUT2D eigenvalue weighted by molar-refractivity contribution is 5.12. The summed E-state index contributed by atoms with van der Waals surface area (Å²) in [7, 11) is 0. The van der Waals surface area contributed by atoms with E-state index in [1.165, 1.54) is 167 Å². The minimum absolute atomic E-state index is 0.403. The van der Waals surface area contributed by atoms with Gasteiger partial charge in [0.25, 0.3) is 0 Å². The van der Waals surface area contributed by atoms with Crippen LogP contribution in [-0.2, 0) is 9.47 Å². The predicted octanol–water partition coefficient (Wildman–Crippen LogP) is 11.2. The van der Waals surface area contributed by atoms with Gasteiger partial charge in [-0.15, -0.1) is 0 Å². The highest BCUT2D eigenvalue weighted by Gasteiger charge is 2.63. The molecule has 4 aliphatic carbocycles. The zero-order chi connectivity index (χ0) is 36.4. The first-order valence-corrected chi connectivity index (χ1v) is 23.2. The van der Waals surface area contributed by atoms with E-state index in [0.717, 1.165) is 74.7 Å². The van der Waals surface area contributed by atoms with Gasteiger partial charge in [0.15, 0.2) is 0 Å². The molecule has 4 aliphatic rings. The predicted molar refractivity (Wildman–Crippen MR) is 219 cm³/mol. The van der Waals surface area contributed by atoms with Crippen molar-refractivity contribution in [3.8, 4) is 0 Å². The third-order valence-electron chi connectivity index (χ3n) is 15.5. The van der Waals surface area contributed by atoms with Crippen molar-refractivity contribution >= 4 is 0 Å². The number of fused-ring (bicyclic) bond motifs is 5. The molecule has 0 saturated heterocycles. The Morgan fingerprint density at radius 1 is 0.627 bits per heavy atom. The van der Waals surface area contributed by atoms with Gasteiger partial charge in [-0.3, -0.25) is 0 Å². The summed E-state index contributed by atoms with van der Waals surface area (Å²) in [4.78, 5) is 0. The van der Waals surface area contributed by atoms with E-state index >= 15 is 0 Å². The van der Waals surface area contributed by atoms with E-state index < -0.39 is 0 Å². The molecule has 0 aliphatic heterocycles. The average molecular weight is 716 g/mol. The summed E-state index contributed by atoms with van der Waals surface area (Å²) in [6, 6.07) is 0. The molecule has 10 atom stereocenters. The molecule has 0 aromatic heterocycles. The van der Waals surface area contributed by atoms with Crippen LogP contribution in [0.5, 0.6) is 0 Å². The Hall–Kier alpha value is -0.200. The fourth-order valence-electron chi connectivity index (χ4n) is 12.4. The molecular weight excluding hydrogens is 627 g/mol. The lowest BCUT2D eigenvalue weighted by atomic mass is 9.43. The minimum Gasteiger partial charge on any atom is -0.378 e. The number of ether oxygens (including phenoxy) is 2. The van der Waals surface area contributed by atoms with Crippen molar-refractivity contribution in [1.29, 1.82) is 0 Å². The van der Waals surface area contributed by atoms with Crippen LogP contribution in [0.4, 0.5) is 0 Å². The molecule has 0 aromatic carbocycles. The first-order valence-electron chi connectivity index (χ1n) is 23.2. The van der Waals surface area contributed by atoms with Crippen molar-refractivity contribution in [2.75, 3.05) is 39.4 Å². The zero-order valence-electron chi connectivity index (χ0n) is 34.7. The molecule has 0 bridgehead atoms. The maximum Gasteiger partial charge on any atom is 0.0611 e. The van der Waals surface area contributed by atoms with Gasteiger partial charge in [-0.25, -0.2) is 0 Å². The van der Waals surface area contributed by atoms with Gasteiger partial charge in [-0.05, 0) is 156 Å². The van der Waals surface area contributed by atoms with E-state index in [2.05, 4.69) is 33.0 Å². The number of hydrogen-bond donors (Lipinski definition) is 3. The Balaban J connectivity index is 1.14. The molecule has 0 radical (unpaired) electrons. The molecule has 300 valence electrons. The van der Waals surface area contributed by atoms with Gasteiger partial charge in [-0.2, -0.15) is 0 Å². The summed E-state index contributed by atoms with van der Waals surface area (Å²) in [6.45, 7) is 15.9. The lowest BCUT2D eigenvalue weighted by Crippen LogP contribution is -2.59. The van der Waals surface area contributed by atoms with Crippen molar-refractivity contribution in [2.24, 2.45) is 57.8 Å². The molecule has 4 rings (SSSR count). The second-order valence-electron chi connectivity index (χ2n) is 18.9. The molecule has 5 nitrogen and oxygen atoms in total. The average Bonchev–Trinajstić information content (AvgIpc) is 3.48. The molecule has 0 spiro atoms. The van der Waals surface area contributed by atoms with Crippen LogP contribution in [0, 0.1) is 46.3 Å². The topological polar surface area (TPSA) is 82.5 Å². The summed E-state index contributed by atoms with van der Waals surface area (Å²) < 4.78 is 13.3. The van der Waals surface area contributed by atoms with E-state index in [0.29, 0.717) is 23.0 Å². The molecule has 51 heavy (non-hydrogen) atoms. The summed E-state index contributed by atoms with van der Waals surface area (Å²) in [5, 5.41) is 3.82. The molecule has 5 heteroatoms. The highest BCUT2D eigenvalue weighted by atomic mass is 16.5. The maximum absolute atomic E-state index is 6.89. The molecule has 4 fully saturated rings. The fraction of sp³-hybridized carbons (Fsp3) is 1.00. The Labute approximate surface area is 318 Å². The summed E-state index contributed by atoms with van der Waals surface area (Å²) in [5.41, 5.74) is 12.6. The first kappa shape index (κ1) is 43.5. The van der Waals surface area contributed by atoms with E-state index in [-0.39, 0.29) is 0 Å². The Kier molecular flexibility index (Phi) is 20.2. The zero-order valence-corrected chi connectivity index (χ0v) is 34.7. The first-order chi connectivity index (χ1) is 24.9. The second kappa shape index (κ2) is 23.7. The molecule has 5 N–H and O–H groups in total. The van der Waals surface area contributed by atoms with Crippen LogP contribution in [0.2, 0.25) is 0 Å². The van der Waals surface area contributed by atoms with Crippen molar-refractivity contribution in [2.45, 2.75) is 207 Å². The number of hydrogen-bond acceptors (Lipinski definition) is 5. The number of rotatable bonds is 28. The number of nitrogens with two attached hydrogens (primary N) is 2. The largest absolute Gasteiger partial charge is 0.378 e. The fourth-order valence-corrected chi connectivity index (χ4v) is 12.4. The van der Waals surface area contributed by atoms with Gasteiger partial charge < -0.3 is 26.3 Å². The molecule has 4 saturated carbocycles. The van der Waals surface area contributed by atoms with Crippen LogP contribution < -0.4 is 16.8 Å². The molecule has 0 amide bonds. The van der Waals surface area contributed by atoms with Gasteiger partial charge >= 0.3 is 0 Å². The normalized spacial score (nSPS) is 33.9. The Bertz CT molecular complexity index is 902. The molecule has 0 heterocycles. The standard InChI is InChI=1S/C46H89N3O2/c1-5-6-7-8-9-10-11-12-13-14-15-16-17-18-31-49-32-19-22-37(2)40-23-24-41-44-42(26-28-46(40,41)4)45(3)27-25-39(50-33-20-29-47)35-38(45)36-43(44)51-34-21-30-48/h37-44,49H,5-36,47-48H2,1-4H3/t37-,38?,39-,40?,41?,42?,43-,44?,45+,46-/m1/s1. The van der Waals surface area contributed by atoms with Crippen LogP contribution in [0.3, 0.4) is 0 Å². The lowest BCUT2D eigenvalue weighted by Gasteiger charge is -2.63. The quantitative estimate of drug-likeness (QED) is 0.0703. The molecule has 0 aromatic rings. The SMILES string of the molecule is CCCCCCCCCCCCCCCCNCCC[C@@H](C)C1CCC2C3C(CC[C@@]21C)[C@@]1(C)CC[C@@H](OCCCN)CC1C[C@H]3OCCCN. The van der Waals surface area contributed by atoms with Crippen LogP contribution in [0.25, 0.3) is 0 Å². The van der Waals surface area contributed by atoms with Gasteiger partial charge in [-0.1, -0.05) is 111 Å². The number of unbranched alkanes of at least 4 members (excludes halogenated alkanes) is 13. The summed E-state index contributed by atoms with van der Waals surface area (Å²) >= 11 is 0. The minimum atomic E-state index is 0.403. The Morgan fingerprint density at radius 3 is 1.84 bits per heavy atom. The second-order valence-corrected chi connectivity index (χ2v) is 18.9. The van der Waals surface area contributed by atoms with E-state index in [1.54, 1.807) is 0 Å². The molecular formula is C46H89N3O2. The van der Waals surface area contributed by atoms with E-state index in [1.807, 2.05) is 0 Å². The Morgan fingerprint density at radius 2 is 1.20 bits per heavy atom. The summed E-state index contributed by atoms with van der Waals surface area (Å²) in [6.07, 6.45) is 36.3. The third kappa shape index (κ3) is 12.7. The monoisotopic (exact) mass is 716 g/mol. The smallest absolute Gasteiger partial charge is 0.0611 e. The van der Waals surface area contributed by atoms with Crippen LogP contribution in [-0.4, -0.2) is 51.6 Å². The van der Waals surface area contributed by atoms with Crippen molar-refractivity contribution in [3.05, 3.63) is 0 Å². The maximum atomic E-state index is 6.89. The van der Waals surface area contributed by atoms with Gasteiger partial charge in [0.05, 0.1) is 12.2 Å². The van der Waals surface area contributed by atoms with Crippen LogP contribution >= 0.6 is 0 Å². The highest BCUT2D eigenvalue weighted by Crippen LogP contribution is 2.69. The van der Waals surface area contributed by atoms with E-state index in [4.69, 9.17) is 20.9 Å². The van der Waals surface area contributed by atoms with Crippen LogP contribution in [0.1, 0.15) is 195 Å². The van der Waals surface area contributed by atoms with Gasteiger partial charge in [0.2, 0.25) is 0 Å². The molecule has 5 unspecified atom stereocenters. The lowest BCUT2D eigenvalue weighted by molar-refractivity contribution is -0.191. The number of nitrogens with one attached hydrogen (secondary N) is 1. The van der Waals surface area contributed by atoms with Gasteiger partial charge in [0.1, 0.15) is 0 Å². The van der Waals surface area contributed by atoms with E-state index in [9.17, 15) is 0 Å². The summed E-state index contributed by atoms with van der Waals surface area (Å²) in [5.74, 6) is 4.76. The van der Waals surface area contributed by atoms with Crippen molar-refractivity contribution in [3.63, 3.8) is 0 Å². The van der Waals surface area contributed by atoms with Gasteiger partial charge in [0, 0.05) is 13.2 Å². The third-order valence-corrected chi connectivity index (χ3v) is 15.5.